The second-order valence-electron chi connectivity index (χ2n) is 5.20. The maximum absolute atomic E-state index is 13.0. The Kier molecular flexibility index (Phi) is 3.95. The normalized spacial score (nSPS) is 16.5. The van der Waals surface area contributed by atoms with E-state index in [4.69, 9.17) is 0 Å². The fraction of sp³-hybridized carbons (Fsp3) is 0.375. The molecule has 1 aromatic heterocycles. The van der Waals surface area contributed by atoms with Crippen LogP contribution in [0.15, 0.2) is 41.1 Å². The fourth-order valence-electron chi connectivity index (χ4n) is 2.46. The molecule has 1 heterocycles. The fourth-order valence-corrected chi connectivity index (χ4v) is 3.17. The van der Waals surface area contributed by atoms with Crippen molar-refractivity contribution in [3.05, 3.63) is 58.0 Å². The molecule has 0 spiro atoms. The van der Waals surface area contributed by atoms with E-state index in [-0.39, 0.29) is 5.82 Å². The van der Waals surface area contributed by atoms with Gasteiger partial charge in [0, 0.05) is 6.04 Å². The Morgan fingerprint density at radius 3 is 2.63 bits per heavy atom. The summed E-state index contributed by atoms with van der Waals surface area (Å²) < 4.78 is 13.0. The Labute approximate surface area is 117 Å². The van der Waals surface area contributed by atoms with Crippen LogP contribution in [0, 0.1) is 11.7 Å². The van der Waals surface area contributed by atoms with Crippen LogP contribution in [-0.4, -0.2) is 6.54 Å². The third-order valence-corrected chi connectivity index (χ3v) is 4.41. The minimum absolute atomic E-state index is 0.156. The first-order valence-corrected chi connectivity index (χ1v) is 7.77. The highest BCUT2D eigenvalue weighted by Gasteiger charge is 2.31. The molecular formula is C16H18FNS. The molecule has 2 aromatic rings. The van der Waals surface area contributed by atoms with Crippen LogP contribution in [0.25, 0.3) is 0 Å². The number of rotatable bonds is 6. The number of benzene rings is 1. The standard InChI is InChI=1S/C16H18FNS/c17-15-5-3-14(4-6-15)16(13-1-2-13)18-9-7-12-8-10-19-11-12/h3-6,8,10-11,13,16,18H,1-2,7,9H2. The Morgan fingerprint density at radius 1 is 1.21 bits per heavy atom. The summed E-state index contributed by atoms with van der Waals surface area (Å²) in [6.45, 7) is 0.981. The minimum atomic E-state index is -0.156. The van der Waals surface area contributed by atoms with Crippen molar-refractivity contribution in [1.29, 1.82) is 0 Å². The van der Waals surface area contributed by atoms with Gasteiger partial charge in [0.25, 0.3) is 0 Å². The Balaban J connectivity index is 1.60. The van der Waals surface area contributed by atoms with Gasteiger partial charge in [-0.1, -0.05) is 12.1 Å². The van der Waals surface area contributed by atoms with Crippen LogP contribution in [0.4, 0.5) is 4.39 Å². The third-order valence-electron chi connectivity index (χ3n) is 3.68. The van der Waals surface area contributed by atoms with E-state index in [1.807, 2.05) is 12.1 Å². The van der Waals surface area contributed by atoms with Crippen LogP contribution in [0.5, 0.6) is 0 Å². The van der Waals surface area contributed by atoms with Crippen molar-refractivity contribution >= 4 is 11.3 Å². The predicted octanol–water partition coefficient (Wildman–Crippen LogP) is 4.17. The van der Waals surface area contributed by atoms with Crippen LogP contribution in [0.3, 0.4) is 0 Å². The van der Waals surface area contributed by atoms with Crippen LogP contribution in [0.1, 0.15) is 30.0 Å². The monoisotopic (exact) mass is 275 g/mol. The molecule has 0 amide bonds. The first-order chi connectivity index (χ1) is 9.33. The molecule has 19 heavy (non-hydrogen) atoms. The van der Waals surface area contributed by atoms with Gasteiger partial charge in [0.15, 0.2) is 0 Å². The van der Waals surface area contributed by atoms with Gasteiger partial charge in [-0.15, -0.1) is 0 Å². The van der Waals surface area contributed by atoms with Gasteiger partial charge in [0.2, 0.25) is 0 Å². The highest BCUT2D eigenvalue weighted by atomic mass is 32.1. The van der Waals surface area contributed by atoms with E-state index in [0.29, 0.717) is 6.04 Å². The summed E-state index contributed by atoms with van der Waals surface area (Å²) >= 11 is 1.75. The van der Waals surface area contributed by atoms with E-state index >= 15 is 0 Å². The largest absolute Gasteiger partial charge is 0.309 e. The third kappa shape index (κ3) is 3.43. The number of halogens is 1. The molecule has 1 aromatic carbocycles. The predicted molar refractivity (Wildman–Crippen MR) is 77.9 cm³/mol. The lowest BCUT2D eigenvalue weighted by molar-refractivity contribution is 0.483. The number of nitrogens with one attached hydrogen (secondary N) is 1. The second-order valence-corrected chi connectivity index (χ2v) is 5.98. The zero-order valence-electron chi connectivity index (χ0n) is 10.8. The molecule has 1 aliphatic rings. The molecule has 100 valence electrons. The zero-order valence-corrected chi connectivity index (χ0v) is 11.6. The lowest BCUT2D eigenvalue weighted by atomic mass is 10.0. The molecule has 3 rings (SSSR count). The molecule has 1 nitrogen and oxygen atoms in total. The highest BCUT2D eigenvalue weighted by Crippen LogP contribution is 2.40. The lowest BCUT2D eigenvalue weighted by Gasteiger charge is -2.18. The first kappa shape index (κ1) is 12.8. The van der Waals surface area contributed by atoms with E-state index in [1.54, 1.807) is 23.5 Å². The molecule has 1 unspecified atom stereocenters. The van der Waals surface area contributed by atoms with E-state index in [0.717, 1.165) is 18.9 Å². The smallest absolute Gasteiger partial charge is 0.123 e. The van der Waals surface area contributed by atoms with Gasteiger partial charge < -0.3 is 5.32 Å². The average molecular weight is 275 g/mol. The van der Waals surface area contributed by atoms with E-state index in [2.05, 4.69) is 22.1 Å². The Morgan fingerprint density at radius 2 is 2.00 bits per heavy atom. The number of hydrogen-bond donors (Lipinski definition) is 1. The van der Waals surface area contributed by atoms with Crippen molar-refractivity contribution in [2.45, 2.75) is 25.3 Å². The Bertz CT molecular complexity index is 502. The van der Waals surface area contributed by atoms with E-state index < -0.39 is 0 Å². The van der Waals surface area contributed by atoms with Crippen molar-refractivity contribution < 1.29 is 4.39 Å². The van der Waals surface area contributed by atoms with Crippen molar-refractivity contribution in [1.82, 2.24) is 5.32 Å². The molecule has 0 bridgehead atoms. The van der Waals surface area contributed by atoms with Crippen LogP contribution >= 0.6 is 11.3 Å². The molecule has 1 atom stereocenters. The van der Waals surface area contributed by atoms with E-state index in [9.17, 15) is 4.39 Å². The topological polar surface area (TPSA) is 12.0 Å². The van der Waals surface area contributed by atoms with Gasteiger partial charge in [-0.3, -0.25) is 0 Å². The summed E-state index contributed by atoms with van der Waals surface area (Å²) in [6.07, 6.45) is 3.63. The minimum Gasteiger partial charge on any atom is -0.309 e. The van der Waals surface area contributed by atoms with Gasteiger partial charge in [-0.2, -0.15) is 11.3 Å². The molecule has 3 heteroatoms. The molecule has 0 radical (unpaired) electrons. The SMILES string of the molecule is Fc1ccc(C(NCCc2ccsc2)C2CC2)cc1. The number of thiophene rings is 1. The zero-order chi connectivity index (χ0) is 13.1. The van der Waals surface area contributed by atoms with Crippen molar-refractivity contribution in [3.8, 4) is 0 Å². The summed E-state index contributed by atoms with van der Waals surface area (Å²) in [4.78, 5) is 0. The second kappa shape index (κ2) is 5.85. The summed E-state index contributed by atoms with van der Waals surface area (Å²) in [5.74, 6) is 0.574. The average Bonchev–Trinajstić information content (AvgIpc) is 3.13. The van der Waals surface area contributed by atoms with Crippen LogP contribution < -0.4 is 5.32 Å². The molecule has 1 N–H and O–H groups in total. The van der Waals surface area contributed by atoms with Gasteiger partial charge >= 0.3 is 0 Å². The number of hydrogen-bond acceptors (Lipinski definition) is 2. The van der Waals surface area contributed by atoms with E-state index in [1.165, 1.54) is 24.0 Å². The maximum atomic E-state index is 13.0. The molecule has 0 saturated heterocycles. The van der Waals surface area contributed by atoms with Crippen molar-refractivity contribution in [2.75, 3.05) is 6.54 Å². The van der Waals surface area contributed by atoms with Gasteiger partial charge in [0.1, 0.15) is 5.82 Å². The van der Waals surface area contributed by atoms with Crippen molar-refractivity contribution in [2.24, 2.45) is 5.92 Å². The van der Waals surface area contributed by atoms with Crippen LogP contribution in [-0.2, 0) is 6.42 Å². The van der Waals surface area contributed by atoms with Crippen LogP contribution in [0.2, 0.25) is 0 Å². The van der Waals surface area contributed by atoms with Gasteiger partial charge in [0.05, 0.1) is 0 Å². The summed E-state index contributed by atoms with van der Waals surface area (Å²) in [5.41, 5.74) is 2.61. The highest BCUT2D eigenvalue weighted by molar-refractivity contribution is 7.07. The first-order valence-electron chi connectivity index (χ1n) is 6.83. The summed E-state index contributed by atoms with van der Waals surface area (Å²) in [6, 6.07) is 9.51. The summed E-state index contributed by atoms with van der Waals surface area (Å²) in [5, 5.41) is 7.96. The molecule has 1 fully saturated rings. The van der Waals surface area contributed by atoms with Gasteiger partial charge in [-0.25, -0.2) is 4.39 Å². The quantitative estimate of drug-likeness (QED) is 0.834. The molecule has 0 aliphatic heterocycles. The van der Waals surface area contributed by atoms with Crippen molar-refractivity contribution in [3.63, 3.8) is 0 Å². The lowest BCUT2D eigenvalue weighted by Crippen LogP contribution is -2.25. The Hall–Kier alpha value is -1.19. The van der Waals surface area contributed by atoms with Gasteiger partial charge in [-0.05, 0) is 71.8 Å². The maximum Gasteiger partial charge on any atom is 0.123 e. The molecule has 1 saturated carbocycles. The molecular weight excluding hydrogens is 257 g/mol. The summed E-state index contributed by atoms with van der Waals surface area (Å²) in [7, 11) is 0. The molecule has 1 aliphatic carbocycles.